The molecule has 1 aromatic heterocycles. The Kier molecular flexibility index (Phi) is 3.84. The average molecular weight is 287 g/mol. The van der Waals surface area contributed by atoms with E-state index in [0.29, 0.717) is 23.1 Å². The summed E-state index contributed by atoms with van der Waals surface area (Å²) in [6.07, 6.45) is 0.617. The summed E-state index contributed by atoms with van der Waals surface area (Å²) in [5.41, 5.74) is 0.267. The van der Waals surface area contributed by atoms with E-state index in [1.807, 2.05) is 0 Å². The number of aldehydes is 1. The highest BCUT2D eigenvalue weighted by Gasteiger charge is 2.12. The number of hydrogen-bond donors (Lipinski definition) is 0. The van der Waals surface area contributed by atoms with Gasteiger partial charge in [-0.05, 0) is 12.1 Å². The molecule has 0 spiro atoms. The second-order valence-electron chi connectivity index (χ2n) is 3.43. The molecule has 0 aliphatic carbocycles. The van der Waals surface area contributed by atoms with Gasteiger partial charge in [0.15, 0.2) is 12.9 Å². The predicted molar refractivity (Wildman–Crippen MR) is 65.2 cm³/mol. The minimum absolute atomic E-state index is 0.0308. The minimum atomic E-state index is 0.0308. The molecule has 94 valence electrons. The van der Waals surface area contributed by atoms with Crippen molar-refractivity contribution >= 4 is 29.5 Å². The Bertz CT molecular complexity index is 584. The molecule has 0 saturated heterocycles. The quantitative estimate of drug-likeness (QED) is 0.808. The molecule has 0 saturated carbocycles. The molecule has 2 rings (SSSR count). The number of carbonyl (C=O) groups is 1. The van der Waals surface area contributed by atoms with Crippen LogP contribution in [0.15, 0.2) is 16.5 Å². The lowest BCUT2D eigenvalue weighted by molar-refractivity contribution is 0.111. The van der Waals surface area contributed by atoms with Crippen LogP contribution in [0.2, 0.25) is 10.0 Å². The normalized spacial score (nSPS) is 10.4. The van der Waals surface area contributed by atoms with Crippen LogP contribution in [-0.2, 0) is 6.61 Å². The maximum atomic E-state index is 10.9. The second-order valence-corrected chi connectivity index (χ2v) is 4.27. The number of hydrogen-bond acceptors (Lipinski definition) is 5. The number of aryl methyl sites for hydroxylation is 1. The zero-order chi connectivity index (χ0) is 13.1. The van der Waals surface area contributed by atoms with E-state index < -0.39 is 0 Å². The van der Waals surface area contributed by atoms with Crippen LogP contribution in [0.3, 0.4) is 0 Å². The number of halogens is 2. The van der Waals surface area contributed by atoms with Crippen molar-refractivity contribution in [3.05, 3.63) is 39.5 Å². The monoisotopic (exact) mass is 286 g/mol. The van der Waals surface area contributed by atoms with E-state index in [9.17, 15) is 4.79 Å². The van der Waals surface area contributed by atoms with E-state index in [0.717, 1.165) is 0 Å². The third-order valence-electron chi connectivity index (χ3n) is 2.07. The molecule has 0 bridgehead atoms. The van der Waals surface area contributed by atoms with E-state index in [2.05, 4.69) is 10.2 Å². The lowest BCUT2D eigenvalue weighted by Gasteiger charge is -2.08. The van der Waals surface area contributed by atoms with E-state index >= 15 is 0 Å². The van der Waals surface area contributed by atoms with Gasteiger partial charge in [0.2, 0.25) is 5.89 Å². The van der Waals surface area contributed by atoms with Gasteiger partial charge in [-0.1, -0.05) is 23.2 Å². The zero-order valence-corrected chi connectivity index (χ0v) is 10.8. The molecule has 2 aromatic rings. The largest absolute Gasteiger partial charge is 0.481 e. The Morgan fingerprint density at radius 1 is 1.39 bits per heavy atom. The van der Waals surface area contributed by atoms with Crippen LogP contribution in [-0.4, -0.2) is 16.5 Å². The van der Waals surface area contributed by atoms with Crippen molar-refractivity contribution in [2.24, 2.45) is 0 Å². The third-order valence-corrected chi connectivity index (χ3v) is 2.57. The van der Waals surface area contributed by atoms with E-state index in [4.69, 9.17) is 32.4 Å². The van der Waals surface area contributed by atoms with Gasteiger partial charge in [-0.15, -0.1) is 10.2 Å². The highest BCUT2D eigenvalue weighted by Crippen LogP contribution is 2.31. The molecule has 0 radical (unpaired) electrons. The lowest BCUT2D eigenvalue weighted by Crippen LogP contribution is -1.99. The number of carbonyl (C=O) groups excluding carboxylic acids is 1. The van der Waals surface area contributed by atoms with Gasteiger partial charge in [-0.2, -0.15) is 0 Å². The molecular formula is C11H8Cl2N2O3. The fourth-order valence-corrected chi connectivity index (χ4v) is 1.91. The summed E-state index contributed by atoms with van der Waals surface area (Å²) in [6.45, 7) is 1.70. The molecule has 0 atom stereocenters. The molecular weight excluding hydrogens is 279 g/mol. The average Bonchev–Trinajstić information content (AvgIpc) is 2.73. The van der Waals surface area contributed by atoms with Crippen LogP contribution >= 0.6 is 23.2 Å². The summed E-state index contributed by atoms with van der Waals surface area (Å²) in [5, 5.41) is 8.04. The Morgan fingerprint density at radius 2 is 2.17 bits per heavy atom. The molecule has 0 fully saturated rings. The van der Waals surface area contributed by atoms with Gasteiger partial charge in [0.25, 0.3) is 5.89 Å². The summed E-state index contributed by atoms with van der Waals surface area (Å²) in [4.78, 5) is 10.9. The molecule has 1 heterocycles. The Balaban J connectivity index is 2.20. The molecule has 18 heavy (non-hydrogen) atoms. The highest BCUT2D eigenvalue weighted by atomic mass is 35.5. The predicted octanol–water partition coefficient (Wildman–Crippen LogP) is 3.08. The number of aromatic nitrogens is 2. The van der Waals surface area contributed by atoms with Crippen LogP contribution in [0.1, 0.15) is 22.1 Å². The molecule has 0 N–H and O–H groups in total. The number of benzene rings is 1. The summed E-state index contributed by atoms with van der Waals surface area (Å²) in [5.74, 6) is 0.980. The first kappa shape index (κ1) is 12.9. The van der Waals surface area contributed by atoms with Crippen molar-refractivity contribution in [1.82, 2.24) is 10.2 Å². The van der Waals surface area contributed by atoms with Crippen LogP contribution in [0.4, 0.5) is 0 Å². The summed E-state index contributed by atoms with van der Waals surface area (Å²) in [7, 11) is 0. The Labute approximate surface area is 113 Å². The lowest BCUT2D eigenvalue weighted by atomic mass is 10.2. The van der Waals surface area contributed by atoms with Crippen molar-refractivity contribution in [3.8, 4) is 5.75 Å². The van der Waals surface area contributed by atoms with Gasteiger partial charge in [0.05, 0.1) is 10.6 Å². The van der Waals surface area contributed by atoms with Crippen molar-refractivity contribution in [2.45, 2.75) is 13.5 Å². The van der Waals surface area contributed by atoms with Gasteiger partial charge in [-0.25, -0.2) is 0 Å². The molecule has 7 heteroatoms. The van der Waals surface area contributed by atoms with Gasteiger partial charge in [0, 0.05) is 11.9 Å². The SMILES string of the molecule is Cc1nnc(COc2c(Cl)cc(Cl)cc2C=O)o1. The highest BCUT2D eigenvalue weighted by molar-refractivity contribution is 6.36. The topological polar surface area (TPSA) is 65.2 Å². The maximum Gasteiger partial charge on any atom is 0.253 e. The molecule has 0 amide bonds. The molecule has 0 aliphatic heterocycles. The number of rotatable bonds is 4. The maximum absolute atomic E-state index is 10.9. The van der Waals surface area contributed by atoms with E-state index in [-0.39, 0.29) is 22.9 Å². The molecule has 1 aromatic carbocycles. The molecule has 5 nitrogen and oxygen atoms in total. The Hall–Kier alpha value is -1.59. The first-order chi connectivity index (χ1) is 8.60. The standard InChI is InChI=1S/C11H8Cl2N2O3/c1-6-14-15-10(18-6)5-17-11-7(4-16)2-8(12)3-9(11)13/h2-4H,5H2,1H3. The smallest absolute Gasteiger partial charge is 0.253 e. The van der Waals surface area contributed by atoms with Gasteiger partial charge >= 0.3 is 0 Å². The van der Waals surface area contributed by atoms with Crippen LogP contribution in [0.5, 0.6) is 5.75 Å². The first-order valence-corrected chi connectivity index (χ1v) is 5.71. The van der Waals surface area contributed by atoms with Crippen molar-refractivity contribution in [3.63, 3.8) is 0 Å². The summed E-state index contributed by atoms with van der Waals surface area (Å²) < 4.78 is 10.5. The van der Waals surface area contributed by atoms with E-state index in [1.54, 1.807) is 6.92 Å². The van der Waals surface area contributed by atoms with Crippen LogP contribution in [0, 0.1) is 6.92 Å². The van der Waals surface area contributed by atoms with Crippen molar-refractivity contribution in [2.75, 3.05) is 0 Å². The summed E-state index contributed by atoms with van der Waals surface area (Å²) in [6, 6.07) is 2.96. The fourth-order valence-electron chi connectivity index (χ4n) is 1.35. The first-order valence-electron chi connectivity index (χ1n) is 4.96. The van der Waals surface area contributed by atoms with Crippen molar-refractivity contribution < 1.29 is 13.9 Å². The summed E-state index contributed by atoms with van der Waals surface area (Å²) >= 11 is 11.7. The number of nitrogens with zero attached hydrogens (tertiary/aromatic N) is 2. The number of ether oxygens (including phenoxy) is 1. The molecule has 0 unspecified atom stereocenters. The van der Waals surface area contributed by atoms with Crippen LogP contribution in [0.25, 0.3) is 0 Å². The Morgan fingerprint density at radius 3 is 2.78 bits per heavy atom. The second kappa shape index (κ2) is 5.37. The van der Waals surface area contributed by atoms with E-state index in [1.165, 1.54) is 12.1 Å². The fraction of sp³-hybridized carbons (Fsp3) is 0.182. The van der Waals surface area contributed by atoms with Gasteiger partial charge in [-0.3, -0.25) is 4.79 Å². The van der Waals surface area contributed by atoms with Crippen molar-refractivity contribution in [1.29, 1.82) is 0 Å². The van der Waals surface area contributed by atoms with Gasteiger partial charge in [0.1, 0.15) is 5.75 Å². The third kappa shape index (κ3) is 2.80. The zero-order valence-electron chi connectivity index (χ0n) is 9.31. The van der Waals surface area contributed by atoms with Gasteiger partial charge < -0.3 is 9.15 Å². The molecule has 0 aliphatic rings. The van der Waals surface area contributed by atoms with Crippen LogP contribution < -0.4 is 4.74 Å². The minimum Gasteiger partial charge on any atom is -0.481 e.